The van der Waals surface area contributed by atoms with Crippen molar-refractivity contribution < 1.29 is 19.8 Å². The van der Waals surface area contributed by atoms with Gasteiger partial charge in [0.15, 0.2) is 5.13 Å². The maximum atomic E-state index is 11.8. The molecule has 1 amide bonds. The number of thiazole rings is 1. The summed E-state index contributed by atoms with van der Waals surface area (Å²) in [4.78, 5) is 28.4. The number of rotatable bonds is 2. The van der Waals surface area contributed by atoms with Crippen molar-refractivity contribution in [2.75, 3.05) is 11.4 Å². The van der Waals surface area contributed by atoms with E-state index in [0.29, 0.717) is 10.6 Å². The number of carbonyl (C=O) groups is 2. The third kappa shape index (κ3) is 2.01. The smallest absolute Gasteiger partial charge is 0.308 e. The van der Waals surface area contributed by atoms with Crippen molar-refractivity contribution in [3.05, 3.63) is 18.2 Å². The van der Waals surface area contributed by atoms with Crippen LogP contribution in [-0.4, -0.2) is 33.6 Å². The van der Waals surface area contributed by atoms with Crippen molar-refractivity contribution in [1.82, 2.24) is 4.98 Å². The summed E-state index contributed by atoms with van der Waals surface area (Å²) in [5.74, 6) is -1.72. The van der Waals surface area contributed by atoms with Gasteiger partial charge in [-0.15, -0.1) is 0 Å². The van der Waals surface area contributed by atoms with E-state index in [1.165, 1.54) is 22.3 Å². The monoisotopic (exact) mass is 278 g/mol. The van der Waals surface area contributed by atoms with Crippen LogP contribution >= 0.6 is 11.3 Å². The molecule has 1 saturated heterocycles. The molecule has 19 heavy (non-hydrogen) atoms. The summed E-state index contributed by atoms with van der Waals surface area (Å²) in [6.07, 6.45) is 0.0104. The number of hydrogen-bond acceptors (Lipinski definition) is 5. The molecule has 1 aliphatic rings. The second kappa shape index (κ2) is 4.20. The van der Waals surface area contributed by atoms with Gasteiger partial charge in [-0.25, -0.2) is 4.98 Å². The normalized spacial score (nSPS) is 19.3. The maximum absolute atomic E-state index is 11.8. The lowest BCUT2D eigenvalue weighted by molar-refractivity contribution is -0.141. The van der Waals surface area contributed by atoms with E-state index < -0.39 is 11.9 Å². The van der Waals surface area contributed by atoms with Crippen molar-refractivity contribution in [3.8, 4) is 5.75 Å². The number of nitrogens with zero attached hydrogens (tertiary/aromatic N) is 2. The number of carbonyl (C=O) groups excluding carboxylic acids is 1. The molecule has 2 heterocycles. The first-order chi connectivity index (χ1) is 9.04. The Morgan fingerprint density at radius 1 is 1.47 bits per heavy atom. The molecule has 1 aliphatic heterocycles. The highest BCUT2D eigenvalue weighted by Gasteiger charge is 2.36. The van der Waals surface area contributed by atoms with E-state index in [9.17, 15) is 14.7 Å². The third-order valence-corrected chi connectivity index (χ3v) is 4.11. The van der Waals surface area contributed by atoms with Gasteiger partial charge in [-0.1, -0.05) is 11.3 Å². The van der Waals surface area contributed by atoms with Gasteiger partial charge in [-0.05, 0) is 18.2 Å². The van der Waals surface area contributed by atoms with Crippen LogP contribution in [0.5, 0.6) is 5.75 Å². The van der Waals surface area contributed by atoms with Crippen LogP contribution in [0.15, 0.2) is 18.2 Å². The lowest BCUT2D eigenvalue weighted by Crippen LogP contribution is -2.25. The number of hydrogen-bond donors (Lipinski definition) is 2. The average Bonchev–Trinajstić information content (AvgIpc) is 2.91. The lowest BCUT2D eigenvalue weighted by Gasteiger charge is -2.10. The molecular weight excluding hydrogens is 268 g/mol. The Labute approximate surface area is 111 Å². The van der Waals surface area contributed by atoms with Crippen LogP contribution in [0.4, 0.5) is 5.13 Å². The zero-order chi connectivity index (χ0) is 13.6. The maximum Gasteiger partial charge on any atom is 0.308 e. The van der Waals surface area contributed by atoms with E-state index in [1.807, 2.05) is 0 Å². The van der Waals surface area contributed by atoms with Crippen LogP contribution in [0.25, 0.3) is 10.2 Å². The molecule has 0 saturated carbocycles. The Kier molecular flexibility index (Phi) is 2.63. The summed E-state index contributed by atoms with van der Waals surface area (Å²) in [6, 6.07) is 4.77. The van der Waals surface area contributed by atoms with Crippen LogP contribution in [0, 0.1) is 5.92 Å². The molecule has 1 aromatic heterocycles. The van der Waals surface area contributed by atoms with Gasteiger partial charge in [0.1, 0.15) is 5.75 Å². The largest absolute Gasteiger partial charge is 0.508 e. The quantitative estimate of drug-likeness (QED) is 0.867. The van der Waals surface area contributed by atoms with Gasteiger partial charge in [0.25, 0.3) is 0 Å². The van der Waals surface area contributed by atoms with Gasteiger partial charge in [0, 0.05) is 13.0 Å². The Balaban J connectivity index is 1.96. The van der Waals surface area contributed by atoms with E-state index in [4.69, 9.17) is 5.11 Å². The zero-order valence-corrected chi connectivity index (χ0v) is 10.6. The number of anilines is 1. The van der Waals surface area contributed by atoms with Crippen LogP contribution in [0.3, 0.4) is 0 Å². The number of aromatic nitrogens is 1. The highest BCUT2D eigenvalue weighted by molar-refractivity contribution is 7.22. The molecule has 1 unspecified atom stereocenters. The number of carboxylic acids is 1. The van der Waals surface area contributed by atoms with Crippen LogP contribution in [0.2, 0.25) is 0 Å². The number of aliphatic carboxylic acids is 1. The summed E-state index contributed by atoms with van der Waals surface area (Å²) in [6.45, 7) is 0.153. The second-order valence-electron chi connectivity index (χ2n) is 4.39. The Morgan fingerprint density at radius 3 is 2.95 bits per heavy atom. The highest BCUT2D eigenvalue weighted by Crippen LogP contribution is 2.34. The van der Waals surface area contributed by atoms with Crippen LogP contribution in [0.1, 0.15) is 6.42 Å². The van der Waals surface area contributed by atoms with Gasteiger partial charge >= 0.3 is 5.97 Å². The fourth-order valence-electron chi connectivity index (χ4n) is 2.07. The average molecular weight is 278 g/mol. The molecule has 0 radical (unpaired) electrons. The van der Waals surface area contributed by atoms with Crippen molar-refractivity contribution >= 4 is 38.6 Å². The van der Waals surface area contributed by atoms with Crippen molar-refractivity contribution in [3.63, 3.8) is 0 Å². The molecule has 1 atom stereocenters. The summed E-state index contributed by atoms with van der Waals surface area (Å²) in [5, 5.41) is 18.8. The fraction of sp³-hybridized carbons (Fsp3) is 0.250. The molecule has 2 aromatic rings. The van der Waals surface area contributed by atoms with Gasteiger partial charge in [0.2, 0.25) is 5.91 Å². The zero-order valence-electron chi connectivity index (χ0n) is 9.74. The molecule has 0 spiro atoms. The Bertz CT molecular complexity index is 681. The first-order valence-corrected chi connectivity index (χ1v) is 6.49. The fourth-order valence-corrected chi connectivity index (χ4v) is 3.10. The predicted octanol–water partition coefficient (Wildman–Crippen LogP) is 1.44. The van der Waals surface area contributed by atoms with Gasteiger partial charge < -0.3 is 10.2 Å². The summed E-state index contributed by atoms with van der Waals surface area (Å²) in [5.41, 5.74) is 0.685. The molecule has 1 aromatic carbocycles. The van der Waals surface area contributed by atoms with Crippen molar-refractivity contribution in [2.24, 2.45) is 5.92 Å². The van der Waals surface area contributed by atoms with Crippen LogP contribution in [-0.2, 0) is 9.59 Å². The van der Waals surface area contributed by atoms with E-state index >= 15 is 0 Å². The molecule has 2 N–H and O–H groups in total. The topological polar surface area (TPSA) is 90.7 Å². The summed E-state index contributed by atoms with van der Waals surface area (Å²) >= 11 is 1.27. The number of phenols is 1. The van der Waals surface area contributed by atoms with E-state index in [0.717, 1.165) is 4.70 Å². The van der Waals surface area contributed by atoms with E-state index in [2.05, 4.69) is 4.98 Å². The van der Waals surface area contributed by atoms with Crippen molar-refractivity contribution in [2.45, 2.75) is 6.42 Å². The molecule has 98 valence electrons. The number of aromatic hydroxyl groups is 1. The Morgan fingerprint density at radius 2 is 2.26 bits per heavy atom. The molecule has 1 fully saturated rings. The molecule has 6 nitrogen and oxygen atoms in total. The van der Waals surface area contributed by atoms with Crippen LogP contribution < -0.4 is 4.90 Å². The van der Waals surface area contributed by atoms with Gasteiger partial charge in [-0.3, -0.25) is 14.5 Å². The molecular formula is C12H10N2O4S. The van der Waals surface area contributed by atoms with Crippen molar-refractivity contribution in [1.29, 1.82) is 0 Å². The third-order valence-electron chi connectivity index (χ3n) is 3.07. The molecule has 7 heteroatoms. The predicted molar refractivity (Wildman–Crippen MR) is 69.4 cm³/mol. The molecule has 0 bridgehead atoms. The number of carboxylic acid groups (broad SMARTS) is 1. The number of amides is 1. The lowest BCUT2D eigenvalue weighted by atomic mass is 10.1. The minimum absolute atomic E-state index is 0.0104. The molecule has 3 rings (SSSR count). The number of benzene rings is 1. The minimum Gasteiger partial charge on any atom is -0.508 e. The standard InChI is InChI=1S/C12H10N2O4S/c15-7-1-2-8-9(4-7)19-12(13-8)14-5-6(11(17)18)3-10(14)16/h1-2,4,6,15H,3,5H2,(H,17,18). The summed E-state index contributed by atoms with van der Waals surface area (Å²) < 4.78 is 0.765. The SMILES string of the molecule is O=C(O)C1CC(=O)N(c2nc3ccc(O)cc3s2)C1. The second-order valence-corrected chi connectivity index (χ2v) is 5.40. The number of phenolic OH excluding ortho intramolecular Hbond substituents is 1. The van der Waals surface area contributed by atoms with Gasteiger partial charge in [-0.2, -0.15) is 0 Å². The van der Waals surface area contributed by atoms with E-state index in [1.54, 1.807) is 12.1 Å². The van der Waals surface area contributed by atoms with Gasteiger partial charge in [0.05, 0.1) is 16.1 Å². The minimum atomic E-state index is -0.963. The first-order valence-electron chi connectivity index (χ1n) is 5.67. The number of fused-ring (bicyclic) bond motifs is 1. The van der Waals surface area contributed by atoms with E-state index in [-0.39, 0.29) is 24.6 Å². The first kappa shape index (κ1) is 11.9. The summed E-state index contributed by atoms with van der Waals surface area (Å²) in [7, 11) is 0. The Hall–Kier alpha value is -2.15. The molecule has 0 aliphatic carbocycles. The highest BCUT2D eigenvalue weighted by atomic mass is 32.1.